The molecule has 0 aliphatic heterocycles. The number of benzene rings is 2. The average molecular weight is 493 g/mol. The van der Waals surface area contributed by atoms with E-state index in [1.165, 1.54) is 50.8 Å². The highest BCUT2D eigenvalue weighted by molar-refractivity contribution is 7.92. The summed E-state index contributed by atoms with van der Waals surface area (Å²) >= 11 is 5.99. The van der Waals surface area contributed by atoms with Crippen LogP contribution < -0.4 is 19.1 Å². The Balaban J connectivity index is 1.82. The predicted molar refractivity (Wildman–Crippen MR) is 130 cm³/mol. The summed E-state index contributed by atoms with van der Waals surface area (Å²) in [5.41, 5.74) is 1.67. The van der Waals surface area contributed by atoms with E-state index >= 15 is 0 Å². The zero-order valence-corrected chi connectivity index (χ0v) is 20.4. The molecule has 33 heavy (non-hydrogen) atoms. The number of hydrogen-bond donors (Lipinski definition) is 1. The molecule has 0 saturated heterocycles. The summed E-state index contributed by atoms with van der Waals surface area (Å²) in [6, 6.07) is 10.6. The van der Waals surface area contributed by atoms with Crippen molar-refractivity contribution in [3.05, 3.63) is 59.1 Å². The van der Waals surface area contributed by atoms with Crippen LogP contribution in [-0.2, 0) is 14.8 Å². The Bertz CT molecular complexity index is 1100. The zero-order valence-electron chi connectivity index (χ0n) is 18.8. The van der Waals surface area contributed by atoms with Crippen LogP contribution in [0.3, 0.4) is 0 Å². The van der Waals surface area contributed by atoms with Gasteiger partial charge in [0, 0.05) is 17.6 Å². The number of nitrogens with zero attached hydrogens (tertiary/aromatic N) is 1. The third kappa shape index (κ3) is 6.42. The molecular weight excluding hydrogens is 464 g/mol. The number of allylic oxidation sites excluding steroid dienone is 1. The third-order valence-electron chi connectivity index (χ3n) is 5.50. The third-order valence-corrected chi connectivity index (χ3v) is 7.52. The summed E-state index contributed by atoms with van der Waals surface area (Å²) in [4.78, 5) is 12.7. The van der Waals surface area contributed by atoms with Crippen LogP contribution in [0.25, 0.3) is 0 Å². The van der Waals surface area contributed by atoms with Crippen LogP contribution in [0.2, 0.25) is 5.02 Å². The second-order valence-corrected chi connectivity index (χ2v) is 10.0. The first kappa shape index (κ1) is 24.9. The molecule has 0 heterocycles. The predicted octanol–water partition coefficient (Wildman–Crippen LogP) is 4.56. The van der Waals surface area contributed by atoms with Gasteiger partial charge in [-0.1, -0.05) is 23.3 Å². The number of halogens is 1. The van der Waals surface area contributed by atoms with E-state index < -0.39 is 10.0 Å². The van der Waals surface area contributed by atoms with E-state index in [1.807, 2.05) is 0 Å². The minimum absolute atomic E-state index is 0.0183. The molecule has 0 atom stereocenters. The molecule has 0 aromatic heterocycles. The van der Waals surface area contributed by atoms with Gasteiger partial charge in [-0.25, -0.2) is 8.42 Å². The number of carbonyl (C=O) groups is 1. The summed E-state index contributed by atoms with van der Waals surface area (Å²) < 4.78 is 38.6. The van der Waals surface area contributed by atoms with Crippen molar-refractivity contribution in [3.8, 4) is 11.5 Å². The van der Waals surface area contributed by atoms with E-state index in [-0.39, 0.29) is 23.1 Å². The van der Waals surface area contributed by atoms with Gasteiger partial charge in [-0.3, -0.25) is 9.10 Å². The summed E-state index contributed by atoms with van der Waals surface area (Å²) in [5.74, 6) is 0.300. The second-order valence-electron chi connectivity index (χ2n) is 7.71. The molecular formula is C24H29ClN2O5S. The molecule has 0 spiro atoms. The van der Waals surface area contributed by atoms with Crippen molar-refractivity contribution in [2.45, 2.75) is 37.0 Å². The molecule has 1 N–H and O–H groups in total. The summed E-state index contributed by atoms with van der Waals surface area (Å²) in [5, 5.41) is 3.31. The van der Waals surface area contributed by atoms with Gasteiger partial charge in [0.05, 0.1) is 24.8 Å². The highest BCUT2D eigenvalue weighted by Crippen LogP contribution is 2.32. The molecule has 0 radical (unpaired) electrons. The van der Waals surface area contributed by atoms with Gasteiger partial charge in [-0.05, 0) is 68.5 Å². The molecule has 1 amide bonds. The number of ether oxygens (including phenoxy) is 2. The highest BCUT2D eigenvalue weighted by Gasteiger charge is 2.28. The second kappa shape index (κ2) is 11.4. The van der Waals surface area contributed by atoms with Gasteiger partial charge in [-0.15, -0.1) is 0 Å². The Kier molecular flexibility index (Phi) is 8.63. The normalized spacial score (nSPS) is 13.7. The lowest BCUT2D eigenvalue weighted by Crippen LogP contribution is -2.41. The lowest BCUT2D eigenvalue weighted by molar-refractivity contribution is -0.119. The van der Waals surface area contributed by atoms with Gasteiger partial charge in [0.1, 0.15) is 6.54 Å². The van der Waals surface area contributed by atoms with Crippen LogP contribution in [0.4, 0.5) is 5.69 Å². The van der Waals surface area contributed by atoms with Crippen LogP contribution in [0.1, 0.15) is 32.1 Å². The van der Waals surface area contributed by atoms with Crippen molar-refractivity contribution in [2.24, 2.45) is 0 Å². The molecule has 2 aromatic carbocycles. The summed E-state index contributed by atoms with van der Waals surface area (Å²) in [6.07, 6.45) is 7.53. The SMILES string of the molecule is COc1ccc(S(=O)(=O)N(CC(=O)NCCC2=CCCCC2)c2ccc(Cl)cc2)cc1OC. The standard InChI is InChI=1S/C24H29ClN2O5S/c1-31-22-13-12-21(16-23(22)32-2)33(29,30)27(20-10-8-19(25)9-11-20)17-24(28)26-15-14-18-6-4-3-5-7-18/h6,8-13,16H,3-5,7,14-15,17H2,1-2H3,(H,26,28). The minimum Gasteiger partial charge on any atom is -0.493 e. The quantitative estimate of drug-likeness (QED) is 0.491. The fraction of sp³-hybridized carbons (Fsp3) is 0.375. The molecule has 2 aromatic rings. The van der Waals surface area contributed by atoms with Gasteiger partial charge in [0.25, 0.3) is 10.0 Å². The number of hydrogen-bond acceptors (Lipinski definition) is 5. The van der Waals surface area contributed by atoms with Crippen molar-refractivity contribution in [1.29, 1.82) is 0 Å². The zero-order chi connectivity index (χ0) is 23.8. The number of rotatable bonds is 10. The van der Waals surface area contributed by atoms with Crippen LogP contribution in [0, 0.1) is 0 Å². The molecule has 3 rings (SSSR count). The Morgan fingerprint density at radius 3 is 2.42 bits per heavy atom. The van der Waals surface area contributed by atoms with Crippen molar-refractivity contribution < 1.29 is 22.7 Å². The molecule has 0 saturated carbocycles. The Morgan fingerprint density at radius 1 is 1.06 bits per heavy atom. The first-order valence-electron chi connectivity index (χ1n) is 10.8. The number of nitrogens with one attached hydrogen (secondary N) is 1. The molecule has 7 nitrogen and oxygen atoms in total. The maximum Gasteiger partial charge on any atom is 0.264 e. The molecule has 0 fully saturated rings. The molecule has 0 bridgehead atoms. The Morgan fingerprint density at radius 2 is 1.79 bits per heavy atom. The number of carbonyl (C=O) groups excluding carboxylic acids is 1. The molecule has 1 aliphatic carbocycles. The maximum atomic E-state index is 13.5. The van der Waals surface area contributed by atoms with Gasteiger partial charge < -0.3 is 14.8 Å². The van der Waals surface area contributed by atoms with E-state index in [9.17, 15) is 13.2 Å². The monoisotopic (exact) mass is 492 g/mol. The summed E-state index contributed by atoms with van der Waals surface area (Å²) in [6.45, 7) is 0.104. The van der Waals surface area contributed by atoms with Crippen molar-refractivity contribution in [1.82, 2.24) is 5.32 Å². The Hall–Kier alpha value is -2.71. The molecule has 1 aliphatic rings. The average Bonchev–Trinajstić information content (AvgIpc) is 2.83. The fourth-order valence-electron chi connectivity index (χ4n) is 3.71. The van der Waals surface area contributed by atoms with E-state index in [0.717, 1.165) is 23.6 Å². The lowest BCUT2D eigenvalue weighted by Gasteiger charge is -2.24. The highest BCUT2D eigenvalue weighted by atomic mass is 35.5. The smallest absolute Gasteiger partial charge is 0.264 e. The number of methoxy groups -OCH3 is 2. The number of amides is 1. The minimum atomic E-state index is -4.08. The first-order chi connectivity index (χ1) is 15.8. The maximum absolute atomic E-state index is 13.5. The van der Waals surface area contributed by atoms with Crippen LogP contribution in [0.5, 0.6) is 11.5 Å². The van der Waals surface area contributed by atoms with Crippen molar-refractivity contribution in [3.63, 3.8) is 0 Å². The topological polar surface area (TPSA) is 84.9 Å². The van der Waals surface area contributed by atoms with E-state index in [4.69, 9.17) is 21.1 Å². The van der Waals surface area contributed by atoms with Gasteiger partial charge in [0.15, 0.2) is 11.5 Å². The molecule has 0 unspecified atom stereocenters. The Labute approximate surface area is 200 Å². The van der Waals surface area contributed by atoms with Crippen molar-refractivity contribution >= 4 is 33.2 Å². The van der Waals surface area contributed by atoms with Gasteiger partial charge in [-0.2, -0.15) is 0 Å². The van der Waals surface area contributed by atoms with Crippen molar-refractivity contribution in [2.75, 3.05) is 31.6 Å². The lowest BCUT2D eigenvalue weighted by atomic mass is 9.97. The van der Waals surface area contributed by atoms with Gasteiger partial charge in [0.2, 0.25) is 5.91 Å². The first-order valence-corrected chi connectivity index (χ1v) is 12.6. The van der Waals surface area contributed by atoms with Crippen LogP contribution >= 0.6 is 11.6 Å². The summed E-state index contributed by atoms with van der Waals surface area (Å²) in [7, 11) is -1.18. The van der Waals surface area contributed by atoms with Crippen LogP contribution in [-0.4, -0.2) is 41.6 Å². The van der Waals surface area contributed by atoms with Gasteiger partial charge >= 0.3 is 0 Å². The number of sulfonamides is 1. The number of anilines is 1. The molecule has 178 valence electrons. The van der Waals surface area contributed by atoms with E-state index in [0.29, 0.717) is 23.0 Å². The van der Waals surface area contributed by atoms with Crippen LogP contribution in [0.15, 0.2) is 59.0 Å². The van der Waals surface area contributed by atoms with E-state index in [2.05, 4.69) is 11.4 Å². The molecule has 9 heteroatoms. The largest absolute Gasteiger partial charge is 0.493 e. The fourth-order valence-corrected chi connectivity index (χ4v) is 5.27. The van der Waals surface area contributed by atoms with E-state index in [1.54, 1.807) is 24.3 Å².